The predicted molar refractivity (Wildman–Crippen MR) is 113 cm³/mol. The molecule has 6 nitrogen and oxygen atoms in total. The number of hydrogen-bond donors (Lipinski definition) is 3. The summed E-state index contributed by atoms with van der Waals surface area (Å²) in [6.07, 6.45) is 2.97. The molecule has 27 heavy (non-hydrogen) atoms. The van der Waals surface area contributed by atoms with Gasteiger partial charge in [0.05, 0.1) is 17.1 Å². The van der Waals surface area contributed by atoms with Gasteiger partial charge >= 0.3 is 0 Å². The average molecular weight is 389 g/mol. The van der Waals surface area contributed by atoms with E-state index >= 15 is 0 Å². The second-order valence-corrected chi connectivity index (χ2v) is 9.03. The third-order valence-corrected chi connectivity index (χ3v) is 7.24. The van der Waals surface area contributed by atoms with Crippen molar-refractivity contribution in [1.82, 2.24) is 4.90 Å². The van der Waals surface area contributed by atoms with E-state index in [4.69, 9.17) is 5.73 Å². The predicted octanol–water partition coefficient (Wildman–Crippen LogP) is 4.04. The lowest BCUT2D eigenvalue weighted by molar-refractivity contribution is 0.212. The molecule has 0 unspecified atom stereocenters. The van der Waals surface area contributed by atoms with Crippen LogP contribution < -0.4 is 14.3 Å². The van der Waals surface area contributed by atoms with E-state index in [1.165, 1.54) is 0 Å². The minimum Gasteiger partial charge on any atom is -0.328 e. The van der Waals surface area contributed by atoms with E-state index in [0.29, 0.717) is 12.6 Å². The first-order valence-corrected chi connectivity index (χ1v) is 11.0. The van der Waals surface area contributed by atoms with Gasteiger partial charge in [-0.3, -0.25) is 13.4 Å². The number of nitrogens with two attached hydrogens (primary N) is 1. The topological polar surface area (TPSA) is 76.2 Å². The first-order valence-electron chi connectivity index (χ1n) is 9.55. The average Bonchev–Trinajstić information content (AvgIpc) is 2.90. The van der Waals surface area contributed by atoms with Crippen LogP contribution in [0.1, 0.15) is 19.3 Å². The molecule has 2 aromatic carbocycles. The van der Waals surface area contributed by atoms with Crippen LogP contribution in [-0.2, 0) is 0 Å². The van der Waals surface area contributed by atoms with Crippen LogP contribution in [0.5, 0.6) is 0 Å². The van der Waals surface area contributed by atoms with Gasteiger partial charge in [0.1, 0.15) is 0 Å². The number of rotatable bonds is 5. The van der Waals surface area contributed by atoms with Gasteiger partial charge in [-0.15, -0.1) is 0 Å². The molecule has 0 bridgehead atoms. The Morgan fingerprint density at radius 3 is 2.22 bits per heavy atom. The minimum atomic E-state index is -3.12. The fourth-order valence-corrected chi connectivity index (χ4v) is 5.72. The molecular weight excluding hydrogens is 360 g/mol. The summed E-state index contributed by atoms with van der Waals surface area (Å²) in [7, 11) is -3.12. The number of benzene rings is 2. The van der Waals surface area contributed by atoms with Gasteiger partial charge in [0.2, 0.25) is 0 Å². The zero-order valence-corrected chi connectivity index (χ0v) is 16.3. The Morgan fingerprint density at radius 1 is 0.889 bits per heavy atom. The lowest BCUT2D eigenvalue weighted by Gasteiger charge is -2.44. The van der Waals surface area contributed by atoms with Crippen LogP contribution in [-0.4, -0.2) is 46.2 Å². The fourth-order valence-electron chi connectivity index (χ4n) is 3.91. The monoisotopic (exact) mass is 388 g/mol. The summed E-state index contributed by atoms with van der Waals surface area (Å²) >= 11 is 0. The minimum absolute atomic E-state index is 0.332. The maximum absolute atomic E-state index is 11.1. The van der Waals surface area contributed by atoms with Crippen molar-refractivity contribution in [2.45, 2.75) is 25.3 Å². The molecule has 2 aromatic rings. The lowest BCUT2D eigenvalue weighted by Crippen LogP contribution is -2.41. The zero-order valence-electron chi connectivity index (χ0n) is 15.4. The van der Waals surface area contributed by atoms with E-state index < -0.39 is 11.0 Å². The summed E-state index contributed by atoms with van der Waals surface area (Å²) in [4.78, 5) is 2.42. The van der Waals surface area contributed by atoms with Gasteiger partial charge in [-0.1, -0.05) is 30.3 Å². The maximum Gasteiger partial charge on any atom is 0.0896 e. The van der Waals surface area contributed by atoms with Gasteiger partial charge in [-0.25, -0.2) is 4.31 Å². The van der Waals surface area contributed by atoms with Gasteiger partial charge in [0, 0.05) is 12.6 Å². The molecule has 0 atom stereocenters. The molecule has 4 N–H and O–H groups in total. The molecule has 0 saturated carbocycles. The van der Waals surface area contributed by atoms with Crippen molar-refractivity contribution >= 4 is 28.0 Å². The molecule has 2 aliphatic heterocycles. The lowest BCUT2D eigenvalue weighted by atomic mass is 10.1. The summed E-state index contributed by atoms with van der Waals surface area (Å²) in [6, 6.07) is 17.7. The maximum atomic E-state index is 11.1. The van der Waals surface area contributed by atoms with E-state index in [9.17, 15) is 9.11 Å². The number of piperidine rings is 1. The summed E-state index contributed by atoms with van der Waals surface area (Å²) in [5.74, 6) is 0. The van der Waals surface area contributed by atoms with Crippen molar-refractivity contribution in [1.29, 1.82) is 0 Å². The molecule has 0 amide bonds. The van der Waals surface area contributed by atoms with Gasteiger partial charge in [-0.2, -0.15) is 0 Å². The molecular formula is C20H28N4O2S. The second kappa shape index (κ2) is 7.69. The molecule has 1 fully saturated rings. The van der Waals surface area contributed by atoms with E-state index in [2.05, 4.69) is 4.90 Å². The van der Waals surface area contributed by atoms with E-state index in [0.717, 1.165) is 56.0 Å². The number of anilines is 3. The zero-order chi connectivity index (χ0) is 18.9. The van der Waals surface area contributed by atoms with Gasteiger partial charge < -0.3 is 10.6 Å². The highest BCUT2D eigenvalue weighted by atomic mass is 32.3. The van der Waals surface area contributed by atoms with Crippen LogP contribution >= 0.6 is 11.0 Å². The number of hydrogen-bond acceptors (Lipinski definition) is 6. The second-order valence-electron chi connectivity index (χ2n) is 7.24. The molecule has 1 saturated heterocycles. The molecule has 0 radical (unpaired) electrons. The number of fused-ring (bicyclic) bond motifs is 1. The molecule has 146 valence electrons. The molecule has 2 aliphatic rings. The summed E-state index contributed by atoms with van der Waals surface area (Å²) < 4.78 is 25.7. The molecule has 0 aliphatic carbocycles. The van der Waals surface area contributed by atoms with Crippen LogP contribution in [0.25, 0.3) is 0 Å². The summed E-state index contributed by atoms with van der Waals surface area (Å²) in [5, 5.41) is 0. The first-order chi connectivity index (χ1) is 13.1. The highest BCUT2D eigenvalue weighted by Crippen LogP contribution is 2.63. The molecule has 0 spiro atoms. The smallest absolute Gasteiger partial charge is 0.0896 e. The molecule has 4 rings (SSSR count). The summed E-state index contributed by atoms with van der Waals surface area (Å²) in [5.41, 5.74) is 8.49. The number of nitrogens with zero attached hydrogens (tertiary/aromatic N) is 3. The van der Waals surface area contributed by atoms with Crippen LogP contribution in [0.3, 0.4) is 0 Å². The third-order valence-electron chi connectivity index (χ3n) is 5.37. The SMILES string of the molecule is NC1CCN(CCCN2c3ccccc3N(c3ccccc3)S2(O)O)CC1. The standard InChI is InChI=1S/C20H28N4O2S/c21-17-11-15-22(16-12-17)13-6-14-23-19-9-4-5-10-20(19)24(27(23,25)26)18-7-2-1-3-8-18/h1-5,7-10,17,25-26H,6,11-16,21H2. The Kier molecular flexibility index (Phi) is 5.29. The van der Waals surface area contributed by atoms with Crippen molar-refractivity contribution in [3.8, 4) is 0 Å². The number of likely N-dealkylation sites (tertiary alicyclic amines) is 1. The largest absolute Gasteiger partial charge is 0.328 e. The Hall–Kier alpha value is -1.77. The van der Waals surface area contributed by atoms with Crippen LogP contribution in [0, 0.1) is 0 Å². The van der Waals surface area contributed by atoms with Crippen molar-refractivity contribution in [3.63, 3.8) is 0 Å². The fraction of sp³-hybridized carbons (Fsp3) is 0.400. The first kappa shape index (κ1) is 18.6. The van der Waals surface area contributed by atoms with Crippen LogP contribution in [0.2, 0.25) is 0 Å². The Morgan fingerprint density at radius 2 is 1.52 bits per heavy atom. The van der Waals surface area contributed by atoms with E-state index in [1.54, 1.807) is 8.61 Å². The molecule has 0 aromatic heterocycles. The van der Waals surface area contributed by atoms with Crippen molar-refractivity contribution in [2.24, 2.45) is 5.73 Å². The normalized spacial score (nSPS) is 21.3. The van der Waals surface area contributed by atoms with Gasteiger partial charge in [0.25, 0.3) is 0 Å². The van der Waals surface area contributed by atoms with Crippen molar-refractivity contribution < 1.29 is 9.11 Å². The van der Waals surface area contributed by atoms with E-state index in [1.807, 2.05) is 54.6 Å². The van der Waals surface area contributed by atoms with Crippen molar-refractivity contribution in [3.05, 3.63) is 54.6 Å². The van der Waals surface area contributed by atoms with E-state index in [-0.39, 0.29) is 0 Å². The van der Waals surface area contributed by atoms with Crippen LogP contribution in [0.4, 0.5) is 17.1 Å². The Bertz CT molecular complexity index is 766. The van der Waals surface area contributed by atoms with Gasteiger partial charge in [-0.05, 0) is 74.1 Å². The highest BCUT2D eigenvalue weighted by Gasteiger charge is 2.41. The van der Waals surface area contributed by atoms with Crippen LogP contribution in [0.15, 0.2) is 54.6 Å². The number of para-hydroxylation sites is 3. The van der Waals surface area contributed by atoms with Crippen molar-refractivity contribution in [2.75, 3.05) is 34.8 Å². The highest BCUT2D eigenvalue weighted by molar-refractivity contribution is 8.27. The molecule has 7 heteroatoms. The van der Waals surface area contributed by atoms with Gasteiger partial charge in [0.15, 0.2) is 0 Å². The third kappa shape index (κ3) is 3.66. The summed E-state index contributed by atoms with van der Waals surface area (Å²) in [6.45, 7) is 3.62. The molecule has 2 heterocycles. The Labute approximate surface area is 162 Å². The quantitative estimate of drug-likeness (QED) is 0.718. The Balaban J connectivity index is 1.51.